The Balaban J connectivity index is 0.000000123. The summed E-state index contributed by atoms with van der Waals surface area (Å²) in [6.45, 7) is 10.1. The molecule has 0 saturated carbocycles. The Bertz CT molecular complexity index is 4740. The quantitative estimate of drug-likeness (QED) is 0.100. The van der Waals surface area contributed by atoms with Crippen molar-refractivity contribution < 1.29 is 51.5 Å². The summed E-state index contributed by atoms with van der Waals surface area (Å²) >= 11 is 0. The van der Waals surface area contributed by atoms with Crippen LogP contribution in [-0.4, -0.2) is 79.9 Å². The number of amides is 5. The van der Waals surface area contributed by atoms with Crippen LogP contribution in [0.25, 0.3) is 11.1 Å². The summed E-state index contributed by atoms with van der Waals surface area (Å²) < 4.78 is 26.9. The Hall–Kier alpha value is -10.8. The molecule has 7 aromatic rings. The van der Waals surface area contributed by atoms with Crippen LogP contribution in [0.2, 0.25) is 0 Å². The molecule has 5 aliphatic heterocycles. The second-order valence-electron chi connectivity index (χ2n) is 24.3. The smallest absolute Gasteiger partial charge is 0.340 e. The number of Topliss-reactive ketones (excluding diaryl/α,β-unsaturated/α-hetero) is 1. The van der Waals surface area contributed by atoms with E-state index in [0.29, 0.717) is 108 Å². The van der Waals surface area contributed by atoms with E-state index in [1.54, 1.807) is 6.92 Å². The molecule has 0 fully saturated rings. The molecule has 10 heterocycles. The highest BCUT2D eigenvalue weighted by atomic mass is 16.5. The van der Waals surface area contributed by atoms with Gasteiger partial charge in [-0.15, -0.1) is 0 Å². The second-order valence-corrected chi connectivity index (χ2v) is 24.3. The van der Waals surface area contributed by atoms with Crippen molar-refractivity contribution in [3.8, 4) is 5.88 Å². The van der Waals surface area contributed by atoms with Crippen LogP contribution in [-0.2, 0) is 96.5 Å². The molecule has 25 heteroatoms. The number of benzene rings is 2. The maximum atomic E-state index is 12.2. The lowest BCUT2D eigenvalue weighted by atomic mass is 9.86. The first kappa shape index (κ1) is 66.6. The molecule has 5 amide bonds. The molecule has 0 bridgehead atoms. The summed E-state index contributed by atoms with van der Waals surface area (Å²) in [6.07, 6.45) is 13.1. The molecule has 25 nitrogen and oxygen atoms in total. The zero-order valence-electron chi connectivity index (χ0n) is 53.7. The van der Waals surface area contributed by atoms with E-state index in [9.17, 15) is 52.7 Å². The van der Waals surface area contributed by atoms with Crippen LogP contribution in [0.15, 0.2) is 131 Å². The van der Waals surface area contributed by atoms with Gasteiger partial charge in [0.05, 0.1) is 34.8 Å². The number of nitrogens with one attached hydrogen (secondary N) is 5. The molecule has 96 heavy (non-hydrogen) atoms. The van der Waals surface area contributed by atoms with E-state index >= 15 is 0 Å². The molecule has 0 spiro atoms. The van der Waals surface area contributed by atoms with Crippen LogP contribution in [0.1, 0.15) is 172 Å². The molecule has 0 saturated heterocycles. The van der Waals surface area contributed by atoms with Gasteiger partial charge in [-0.25, -0.2) is 29.2 Å². The zero-order chi connectivity index (χ0) is 67.9. The average molecular weight is 1310 g/mol. The molecule has 5 aromatic heterocycles. The van der Waals surface area contributed by atoms with Crippen molar-refractivity contribution >= 4 is 64.0 Å². The van der Waals surface area contributed by atoms with Crippen LogP contribution in [0.4, 0.5) is 0 Å². The van der Waals surface area contributed by atoms with Crippen molar-refractivity contribution in [2.75, 3.05) is 0 Å². The van der Waals surface area contributed by atoms with Crippen LogP contribution >= 0.6 is 0 Å². The summed E-state index contributed by atoms with van der Waals surface area (Å²) in [5.41, 5.74) is 8.35. The van der Waals surface area contributed by atoms with Gasteiger partial charge in [-0.3, -0.25) is 48.8 Å². The van der Waals surface area contributed by atoms with E-state index in [1.807, 2.05) is 93.6 Å². The highest BCUT2D eigenvalue weighted by Crippen LogP contribution is 2.31. The van der Waals surface area contributed by atoms with Gasteiger partial charge in [0.25, 0.3) is 29.2 Å². The second kappa shape index (κ2) is 29.2. The Kier molecular flexibility index (Phi) is 20.3. The molecular weight excluding hydrogens is 1230 g/mol. The van der Waals surface area contributed by atoms with Crippen LogP contribution in [0.5, 0.6) is 5.88 Å². The first-order chi connectivity index (χ1) is 46.2. The highest BCUT2D eigenvalue weighted by Gasteiger charge is 2.37. The number of carbonyl (C=O) groups is 6. The number of carbonyl (C=O) groups excluding carboxylic acids is 6. The number of nitrogens with zero attached hydrogens (tertiary/aromatic N) is 4. The number of ketones is 1. The van der Waals surface area contributed by atoms with Gasteiger partial charge in [-0.05, 0) is 143 Å². The third-order valence-corrected chi connectivity index (χ3v) is 17.6. The molecule has 3 unspecified atom stereocenters. The predicted octanol–water partition coefficient (Wildman–Crippen LogP) is 6.57. The topological polar surface area (TPSA) is 363 Å². The lowest BCUT2D eigenvalue weighted by Crippen LogP contribution is -2.46. The molecule has 5 N–H and O–H groups in total. The number of amidine groups is 2. The van der Waals surface area contributed by atoms with Gasteiger partial charge >= 0.3 is 22.6 Å². The summed E-state index contributed by atoms with van der Waals surface area (Å²) in [6, 6.07) is 21.3. The summed E-state index contributed by atoms with van der Waals surface area (Å²) in [7, 11) is 0. The molecule has 0 radical (unpaired) electrons. The lowest BCUT2D eigenvalue weighted by molar-refractivity contribution is -0.120. The molecule has 15 rings (SSSR count). The first-order valence-corrected chi connectivity index (χ1v) is 32.2. The Labute approximate surface area is 548 Å². The van der Waals surface area contributed by atoms with Gasteiger partial charge in [0.2, 0.25) is 23.4 Å². The van der Waals surface area contributed by atoms with E-state index in [-0.39, 0.29) is 59.5 Å². The number of aliphatic imine (C=N–C) groups is 3. The van der Waals surface area contributed by atoms with Crippen LogP contribution in [0.3, 0.4) is 0 Å². The van der Waals surface area contributed by atoms with Crippen molar-refractivity contribution in [3.63, 3.8) is 0 Å². The largest absolute Gasteiger partial charge is 0.473 e. The lowest BCUT2D eigenvalue weighted by Gasteiger charge is -2.26. The van der Waals surface area contributed by atoms with Gasteiger partial charge in [-0.1, -0.05) is 74.5 Å². The summed E-state index contributed by atoms with van der Waals surface area (Å²) in [4.78, 5) is 150. The number of imide groups is 1. The predicted molar refractivity (Wildman–Crippen MR) is 352 cm³/mol. The maximum Gasteiger partial charge on any atom is 0.340 e. The van der Waals surface area contributed by atoms with Gasteiger partial charge < -0.3 is 33.4 Å². The minimum Gasteiger partial charge on any atom is -0.473 e. The minimum absolute atomic E-state index is 0.0206. The van der Waals surface area contributed by atoms with Crippen LogP contribution in [0, 0.1) is 5.92 Å². The van der Waals surface area contributed by atoms with Gasteiger partial charge in [0.1, 0.15) is 41.9 Å². The number of pyridine rings is 1. The number of H-pyrrole nitrogens is 2. The Morgan fingerprint density at radius 1 is 0.604 bits per heavy atom. The number of dihydropyridines is 1. The van der Waals surface area contributed by atoms with Gasteiger partial charge in [0, 0.05) is 47.7 Å². The minimum atomic E-state index is -0.665. The van der Waals surface area contributed by atoms with Crippen molar-refractivity contribution in [2.24, 2.45) is 20.9 Å². The number of ether oxygens (including phenoxy) is 2. The van der Waals surface area contributed by atoms with E-state index in [0.717, 1.165) is 108 Å². The van der Waals surface area contributed by atoms with E-state index in [1.165, 1.54) is 6.92 Å². The standard InChI is InChI=1S/C18H20N2O2.C17H17N3O2.C14H15NO4.C11H10N2O4.C11H9NO4/c1-3-14-10-16(22-11-13-7-5-4-6-8-13)20-15-9-12(2)19-18(21)17(14)15;1-3-13-9-14(22-10-12-7-5-4-6-8-12)20-16-15(13)17(21)19-11(2)18-16;1-7(16)10-6-11-12(13(17)15-10)8-4-2-3-5-9(8)14(18)19-11;14-8-7-5-3-1-2-4-6(5)10(15)17-9(7)13-11(16)12-8;13-8-4-7-9(10(14)12-8)5-2-1-3-6(5)11(15)16-7/h4-8,10,12H,3,9,11H2,1-2H3,(H,19,21);4-9,15H,3,10H2,1-2H3;10H,2-6H2,1H3,(H,15,17);1-4H2,(H2,12,13,14,16);1-4H2,(H,12,13,14). The molecule has 3 aliphatic carbocycles. The number of fused-ring (bicyclic) bond motifs is 11. The van der Waals surface area contributed by atoms with Gasteiger partial charge in [0.15, 0.2) is 11.6 Å². The van der Waals surface area contributed by atoms with Crippen molar-refractivity contribution in [1.82, 2.24) is 30.9 Å². The number of aryl methyl sites for hydroxylation is 2. The molecule has 3 atom stereocenters. The molecule has 8 aliphatic rings. The monoisotopic (exact) mass is 1310 g/mol. The van der Waals surface area contributed by atoms with Gasteiger partial charge in [-0.2, -0.15) is 9.98 Å². The van der Waals surface area contributed by atoms with Crippen molar-refractivity contribution in [3.05, 3.63) is 214 Å². The van der Waals surface area contributed by atoms with E-state index < -0.39 is 46.3 Å². The highest BCUT2D eigenvalue weighted by molar-refractivity contribution is 6.21. The molecule has 496 valence electrons. The third kappa shape index (κ3) is 14.7. The number of rotatable bonds is 8. The molecular formula is C71H71N9O16. The van der Waals surface area contributed by atoms with Crippen molar-refractivity contribution in [1.29, 1.82) is 0 Å². The fourth-order valence-corrected chi connectivity index (χ4v) is 13.0. The third-order valence-electron chi connectivity index (χ3n) is 17.6. The number of hydrogen-bond acceptors (Lipinski definition) is 19. The SMILES string of the molecule is CC(=O)C1Cc2oc(=O)c3c(c2C(=O)N1)CCCC3.CCC1=CC(OCc2ccccc2)=NC2=NC(C)=NC(=O)C12.CCc1cc(OCc2ccccc2)nc2c1C(=O)NC(C)C2.O=C1Cc2oc(=O)c3c(c2C(=O)N1)CCC3.O=c1[nH]c(=O)c2c3c(c(=O)oc2[nH]1)CCCC3. The Morgan fingerprint density at radius 3 is 1.82 bits per heavy atom. The van der Waals surface area contributed by atoms with E-state index in [2.05, 4.69) is 45.9 Å². The zero-order valence-corrected chi connectivity index (χ0v) is 53.7. The maximum absolute atomic E-state index is 12.2. The fraction of sp³-hybridized carbons (Fsp3) is 0.366. The molecule has 2 aromatic carbocycles. The average Bonchev–Trinajstić information content (AvgIpc) is 1.09. The summed E-state index contributed by atoms with van der Waals surface area (Å²) in [5, 5.41) is 8.21. The van der Waals surface area contributed by atoms with E-state index in [4.69, 9.17) is 22.7 Å². The number of hydrogen-bond donors (Lipinski definition) is 5. The normalized spacial score (nSPS) is 18.4. The number of aromatic nitrogens is 3. The van der Waals surface area contributed by atoms with Crippen molar-refractivity contribution in [2.45, 2.75) is 163 Å². The first-order valence-electron chi connectivity index (χ1n) is 32.2. The fourth-order valence-electron chi connectivity index (χ4n) is 13.0. The Morgan fingerprint density at radius 2 is 1.18 bits per heavy atom. The van der Waals surface area contributed by atoms with Crippen LogP contribution < -0.4 is 48.8 Å². The summed E-state index contributed by atoms with van der Waals surface area (Å²) in [5.74, 6) is 0.689. The number of aromatic amines is 2.